The van der Waals surface area contributed by atoms with E-state index < -0.39 is 0 Å². The second-order valence-corrected chi connectivity index (χ2v) is 3.69. The predicted octanol–water partition coefficient (Wildman–Crippen LogP) is 2.37. The third kappa shape index (κ3) is 1.78. The number of aromatic amines is 1. The zero-order chi connectivity index (χ0) is 9.97. The minimum Gasteiger partial charge on any atom is -0.262 e. The van der Waals surface area contributed by atoms with Gasteiger partial charge < -0.3 is 0 Å². The zero-order valence-corrected chi connectivity index (χ0v) is 9.38. The lowest BCUT2D eigenvalue weighted by molar-refractivity contribution is 1.02. The molecule has 0 aliphatic rings. The van der Waals surface area contributed by atoms with Gasteiger partial charge in [-0.05, 0) is 28.1 Å². The maximum atomic E-state index is 5.60. The van der Waals surface area contributed by atoms with Gasteiger partial charge in [-0.3, -0.25) is 10.1 Å². The Morgan fingerprint density at radius 2 is 2.36 bits per heavy atom. The van der Waals surface area contributed by atoms with Gasteiger partial charge in [0, 0.05) is 10.7 Å². The topological polar surface area (TPSA) is 54.5 Å². The summed E-state index contributed by atoms with van der Waals surface area (Å²) in [5.41, 5.74) is 0.708. The van der Waals surface area contributed by atoms with E-state index in [4.69, 9.17) is 11.6 Å². The summed E-state index contributed by atoms with van der Waals surface area (Å²) in [4.78, 5) is 8.33. The molecule has 0 spiro atoms. The third-order valence-electron chi connectivity index (χ3n) is 1.63. The molecule has 0 aliphatic carbocycles. The third-order valence-corrected chi connectivity index (χ3v) is 2.52. The van der Waals surface area contributed by atoms with Crippen LogP contribution in [0.15, 0.2) is 22.8 Å². The van der Waals surface area contributed by atoms with Crippen LogP contribution in [0.5, 0.6) is 0 Å². The molecule has 1 N–H and O–H groups in total. The van der Waals surface area contributed by atoms with Gasteiger partial charge in [-0.15, -0.1) is 11.6 Å². The van der Waals surface area contributed by atoms with Crippen molar-refractivity contribution in [1.29, 1.82) is 0 Å². The summed E-state index contributed by atoms with van der Waals surface area (Å²) in [6, 6.07) is 3.72. The number of alkyl halides is 1. The first-order valence-corrected chi connectivity index (χ1v) is 5.22. The van der Waals surface area contributed by atoms with Crippen LogP contribution in [-0.2, 0) is 5.88 Å². The summed E-state index contributed by atoms with van der Waals surface area (Å²) in [7, 11) is 0. The highest BCUT2D eigenvalue weighted by molar-refractivity contribution is 9.10. The number of pyridine rings is 1. The number of rotatable bonds is 2. The lowest BCUT2D eigenvalue weighted by Gasteiger charge is -1.95. The molecule has 2 heterocycles. The Labute approximate surface area is 93.9 Å². The van der Waals surface area contributed by atoms with E-state index in [1.165, 1.54) is 0 Å². The first-order chi connectivity index (χ1) is 6.81. The number of H-pyrrole nitrogens is 1. The molecule has 72 valence electrons. The summed E-state index contributed by atoms with van der Waals surface area (Å²) in [5, 5.41) is 6.73. The fourth-order valence-corrected chi connectivity index (χ4v) is 1.56. The lowest BCUT2D eigenvalue weighted by atomic mass is 10.3. The fourth-order valence-electron chi connectivity index (χ4n) is 1.01. The summed E-state index contributed by atoms with van der Waals surface area (Å²) >= 11 is 8.98. The first-order valence-electron chi connectivity index (χ1n) is 3.89. The molecule has 0 bridgehead atoms. The monoisotopic (exact) mass is 272 g/mol. The Bertz CT molecular complexity index is 442. The van der Waals surface area contributed by atoms with Crippen molar-refractivity contribution in [2.75, 3.05) is 0 Å². The van der Waals surface area contributed by atoms with Gasteiger partial charge in [0.05, 0.1) is 5.88 Å². The molecule has 0 unspecified atom stereocenters. The second kappa shape index (κ2) is 4.06. The Balaban J connectivity index is 2.44. The Morgan fingerprint density at radius 1 is 1.50 bits per heavy atom. The Morgan fingerprint density at radius 3 is 3.00 bits per heavy atom. The van der Waals surface area contributed by atoms with Gasteiger partial charge in [-0.2, -0.15) is 5.10 Å². The molecule has 0 radical (unpaired) electrons. The highest BCUT2D eigenvalue weighted by Crippen LogP contribution is 2.22. The van der Waals surface area contributed by atoms with Gasteiger partial charge in [0.2, 0.25) is 5.82 Å². The van der Waals surface area contributed by atoms with Crippen LogP contribution in [0.2, 0.25) is 0 Å². The van der Waals surface area contributed by atoms with Crippen molar-refractivity contribution in [1.82, 2.24) is 20.2 Å². The molecular formula is C8H6BrClN4. The second-order valence-electron chi connectivity index (χ2n) is 2.57. The molecule has 0 atom stereocenters. The molecule has 0 fully saturated rings. The Hall–Kier alpha value is -0.940. The predicted molar refractivity (Wildman–Crippen MR) is 56.9 cm³/mol. The Kier molecular flexibility index (Phi) is 2.79. The van der Waals surface area contributed by atoms with E-state index in [0.717, 1.165) is 4.47 Å². The quantitative estimate of drug-likeness (QED) is 0.855. The number of nitrogens with one attached hydrogen (secondary N) is 1. The molecule has 0 amide bonds. The highest BCUT2D eigenvalue weighted by atomic mass is 79.9. The van der Waals surface area contributed by atoms with Gasteiger partial charge in [0.15, 0.2) is 0 Å². The highest BCUT2D eigenvalue weighted by Gasteiger charge is 2.09. The standard InChI is InChI=1S/C8H6BrClN4/c9-5-2-1-3-11-7(5)8-12-6(4-10)13-14-8/h1-3H,4H2,(H,12,13,14). The maximum Gasteiger partial charge on any atom is 0.200 e. The van der Waals surface area contributed by atoms with Crippen LogP contribution >= 0.6 is 27.5 Å². The number of aromatic nitrogens is 4. The van der Waals surface area contributed by atoms with Crippen molar-refractivity contribution in [2.24, 2.45) is 0 Å². The van der Waals surface area contributed by atoms with Gasteiger partial charge in [0.25, 0.3) is 0 Å². The van der Waals surface area contributed by atoms with Crippen LogP contribution < -0.4 is 0 Å². The van der Waals surface area contributed by atoms with Gasteiger partial charge in [0.1, 0.15) is 11.5 Å². The van der Waals surface area contributed by atoms with Crippen LogP contribution in [0.1, 0.15) is 5.82 Å². The van der Waals surface area contributed by atoms with E-state index in [1.54, 1.807) is 6.20 Å². The van der Waals surface area contributed by atoms with Crippen LogP contribution in [0.4, 0.5) is 0 Å². The summed E-state index contributed by atoms with van der Waals surface area (Å²) in [6.45, 7) is 0. The van der Waals surface area contributed by atoms with Crippen molar-refractivity contribution in [3.63, 3.8) is 0 Å². The minimum absolute atomic E-state index is 0.317. The molecule has 2 aromatic rings. The number of halogens is 2. The molecule has 0 aliphatic heterocycles. The van der Waals surface area contributed by atoms with Crippen LogP contribution in [0.3, 0.4) is 0 Å². The van der Waals surface area contributed by atoms with E-state index in [2.05, 4.69) is 36.1 Å². The average Bonchev–Trinajstić information content (AvgIpc) is 2.67. The number of nitrogens with zero attached hydrogens (tertiary/aromatic N) is 3. The molecule has 0 saturated heterocycles. The molecule has 14 heavy (non-hydrogen) atoms. The molecule has 0 saturated carbocycles. The zero-order valence-electron chi connectivity index (χ0n) is 7.04. The van der Waals surface area contributed by atoms with Crippen molar-refractivity contribution in [2.45, 2.75) is 5.88 Å². The number of hydrogen-bond donors (Lipinski definition) is 1. The minimum atomic E-state index is 0.317. The average molecular weight is 274 g/mol. The van der Waals surface area contributed by atoms with Gasteiger partial charge in [-0.25, -0.2) is 4.98 Å². The normalized spacial score (nSPS) is 10.4. The van der Waals surface area contributed by atoms with Crippen LogP contribution in [-0.4, -0.2) is 20.2 Å². The van der Waals surface area contributed by atoms with Crippen molar-refractivity contribution in [3.05, 3.63) is 28.6 Å². The number of hydrogen-bond acceptors (Lipinski definition) is 3. The van der Waals surface area contributed by atoms with Gasteiger partial charge in [-0.1, -0.05) is 0 Å². The lowest BCUT2D eigenvalue weighted by Crippen LogP contribution is -1.86. The maximum absolute atomic E-state index is 5.60. The van der Waals surface area contributed by atoms with Crippen molar-refractivity contribution in [3.8, 4) is 11.5 Å². The van der Waals surface area contributed by atoms with Crippen molar-refractivity contribution >= 4 is 27.5 Å². The van der Waals surface area contributed by atoms with E-state index >= 15 is 0 Å². The van der Waals surface area contributed by atoms with E-state index in [-0.39, 0.29) is 0 Å². The summed E-state index contributed by atoms with van der Waals surface area (Å²) in [5.74, 6) is 1.50. The van der Waals surface area contributed by atoms with Crippen molar-refractivity contribution < 1.29 is 0 Å². The van der Waals surface area contributed by atoms with Crippen LogP contribution in [0, 0.1) is 0 Å². The molecule has 0 aromatic carbocycles. The smallest absolute Gasteiger partial charge is 0.200 e. The molecule has 4 nitrogen and oxygen atoms in total. The first kappa shape index (κ1) is 9.61. The van der Waals surface area contributed by atoms with E-state index in [0.29, 0.717) is 23.2 Å². The van der Waals surface area contributed by atoms with E-state index in [1.807, 2.05) is 12.1 Å². The molecular weight excluding hydrogens is 267 g/mol. The largest absolute Gasteiger partial charge is 0.262 e. The SMILES string of the molecule is ClCc1nc(-c2ncccc2Br)n[nH]1. The van der Waals surface area contributed by atoms with E-state index in [9.17, 15) is 0 Å². The van der Waals surface area contributed by atoms with Crippen LogP contribution in [0.25, 0.3) is 11.5 Å². The fraction of sp³-hybridized carbons (Fsp3) is 0.125. The van der Waals surface area contributed by atoms with Gasteiger partial charge >= 0.3 is 0 Å². The molecule has 2 rings (SSSR count). The molecule has 6 heteroatoms. The molecule has 2 aromatic heterocycles. The summed E-state index contributed by atoms with van der Waals surface area (Å²) in [6.07, 6.45) is 1.69. The summed E-state index contributed by atoms with van der Waals surface area (Å²) < 4.78 is 0.861.